The van der Waals surface area contributed by atoms with Gasteiger partial charge in [-0.05, 0) is 22.3 Å². The molecule has 4 aromatic carbocycles. The van der Waals surface area contributed by atoms with Crippen LogP contribution in [0.25, 0.3) is 0 Å². The van der Waals surface area contributed by atoms with Crippen LogP contribution in [-0.2, 0) is 54.8 Å². The van der Waals surface area contributed by atoms with E-state index in [1.807, 2.05) is 121 Å². The van der Waals surface area contributed by atoms with Gasteiger partial charge in [-0.2, -0.15) is 0 Å². The van der Waals surface area contributed by atoms with Gasteiger partial charge in [0.15, 0.2) is 6.29 Å². The highest BCUT2D eigenvalue weighted by atomic mass is 16.7. The number of methoxy groups -OCH3 is 1. The Balaban J connectivity index is 1.38. The molecule has 1 fully saturated rings. The highest BCUT2D eigenvalue weighted by Gasteiger charge is 2.48. The van der Waals surface area contributed by atoms with Gasteiger partial charge in [0, 0.05) is 7.11 Å². The molecule has 0 aliphatic carbocycles. The molecule has 6 nitrogen and oxygen atoms in total. The SMILES string of the molecule is CO[C@@H]1OC(COCc2ccccc2)[C@@H](OCc2ccccc2)[C@H](OCc2ccccc2)[C@H]1OCc1ccccc1. The molecule has 5 atom stereocenters. The number of hydrogen-bond donors (Lipinski definition) is 0. The molecule has 0 bridgehead atoms. The molecular formula is C35H38O6. The van der Waals surface area contributed by atoms with Gasteiger partial charge in [-0.25, -0.2) is 0 Å². The lowest BCUT2D eigenvalue weighted by molar-refractivity contribution is -0.323. The minimum absolute atomic E-state index is 0.310. The van der Waals surface area contributed by atoms with Crippen molar-refractivity contribution in [3.63, 3.8) is 0 Å². The molecule has 4 aromatic rings. The van der Waals surface area contributed by atoms with Gasteiger partial charge in [0.2, 0.25) is 0 Å². The minimum Gasteiger partial charge on any atom is -0.374 e. The zero-order valence-electron chi connectivity index (χ0n) is 23.4. The van der Waals surface area contributed by atoms with Crippen molar-refractivity contribution in [2.24, 2.45) is 0 Å². The van der Waals surface area contributed by atoms with E-state index in [9.17, 15) is 0 Å². The average Bonchev–Trinajstić information content (AvgIpc) is 3.04. The summed E-state index contributed by atoms with van der Waals surface area (Å²) in [6.07, 6.45) is -2.59. The molecule has 5 rings (SSSR count). The zero-order chi connectivity index (χ0) is 28.1. The van der Waals surface area contributed by atoms with E-state index in [2.05, 4.69) is 0 Å². The summed E-state index contributed by atoms with van der Waals surface area (Å²) in [6, 6.07) is 40.4. The van der Waals surface area contributed by atoms with Crippen LogP contribution in [0.15, 0.2) is 121 Å². The first-order chi connectivity index (χ1) is 20.3. The van der Waals surface area contributed by atoms with E-state index in [0.29, 0.717) is 33.0 Å². The molecule has 1 aliphatic rings. The van der Waals surface area contributed by atoms with Crippen LogP contribution in [-0.4, -0.2) is 44.4 Å². The lowest BCUT2D eigenvalue weighted by Crippen LogP contribution is -2.61. The third-order valence-electron chi connectivity index (χ3n) is 7.07. The molecule has 0 aromatic heterocycles. The van der Waals surface area contributed by atoms with E-state index >= 15 is 0 Å². The molecule has 1 heterocycles. The Labute approximate surface area is 242 Å². The monoisotopic (exact) mass is 554 g/mol. The van der Waals surface area contributed by atoms with Crippen molar-refractivity contribution in [1.82, 2.24) is 0 Å². The summed E-state index contributed by atoms with van der Waals surface area (Å²) in [5.74, 6) is 0. The van der Waals surface area contributed by atoms with Crippen molar-refractivity contribution in [3.8, 4) is 0 Å². The van der Waals surface area contributed by atoms with Gasteiger partial charge in [-0.3, -0.25) is 0 Å². The Kier molecular flexibility index (Phi) is 11.1. The largest absolute Gasteiger partial charge is 0.374 e. The molecule has 0 radical (unpaired) electrons. The van der Waals surface area contributed by atoms with Crippen molar-refractivity contribution >= 4 is 0 Å². The average molecular weight is 555 g/mol. The first-order valence-electron chi connectivity index (χ1n) is 14.1. The van der Waals surface area contributed by atoms with Crippen LogP contribution in [0.1, 0.15) is 22.3 Å². The second-order valence-corrected chi connectivity index (χ2v) is 10.1. The quantitative estimate of drug-likeness (QED) is 0.182. The highest BCUT2D eigenvalue weighted by molar-refractivity contribution is 5.16. The summed E-state index contributed by atoms with van der Waals surface area (Å²) in [7, 11) is 1.63. The molecule has 0 spiro atoms. The van der Waals surface area contributed by atoms with E-state index in [-0.39, 0.29) is 0 Å². The smallest absolute Gasteiger partial charge is 0.186 e. The molecule has 0 N–H and O–H groups in total. The Morgan fingerprint density at radius 3 is 1.32 bits per heavy atom. The Morgan fingerprint density at radius 2 is 0.878 bits per heavy atom. The standard InChI is InChI=1S/C35H38O6/c1-36-35-34(40-25-30-20-12-5-13-21-30)33(39-24-29-18-10-4-11-19-29)32(38-23-28-16-8-3-9-17-28)31(41-35)26-37-22-27-14-6-2-7-15-27/h2-21,31-35H,22-26H2,1H3/t31?,32-,33+,34-,35-/m1/s1. The lowest BCUT2D eigenvalue weighted by atomic mass is 9.97. The fraction of sp³-hybridized carbons (Fsp3) is 0.314. The first-order valence-corrected chi connectivity index (χ1v) is 14.1. The molecule has 0 amide bonds. The lowest BCUT2D eigenvalue weighted by Gasteiger charge is -2.45. The van der Waals surface area contributed by atoms with Gasteiger partial charge < -0.3 is 28.4 Å². The molecular weight excluding hydrogens is 516 g/mol. The fourth-order valence-electron chi connectivity index (χ4n) is 4.94. The van der Waals surface area contributed by atoms with Gasteiger partial charge in [-0.1, -0.05) is 121 Å². The Hall–Kier alpha value is -3.36. The minimum atomic E-state index is -0.665. The van der Waals surface area contributed by atoms with Gasteiger partial charge in [-0.15, -0.1) is 0 Å². The summed E-state index contributed by atoms with van der Waals surface area (Å²) < 4.78 is 38.2. The highest BCUT2D eigenvalue weighted by Crippen LogP contribution is 2.31. The summed E-state index contributed by atoms with van der Waals surface area (Å²) in [6.45, 7) is 1.97. The predicted octanol–water partition coefficient (Wildman–Crippen LogP) is 6.33. The first kappa shape index (κ1) is 29.1. The van der Waals surface area contributed by atoms with Crippen molar-refractivity contribution in [2.45, 2.75) is 57.1 Å². The second kappa shape index (κ2) is 15.6. The third kappa shape index (κ3) is 8.57. The van der Waals surface area contributed by atoms with E-state index < -0.39 is 30.7 Å². The fourth-order valence-corrected chi connectivity index (χ4v) is 4.94. The van der Waals surface area contributed by atoms with Crippen LogP contribution in [0.5, 0.6) is 0 Å². The van der Waals surface area contributed by atoms with E-state index in [1.165, 1.54) is 0 Å². The number of rotatable bonds is 14. The Bertz CT molecular complexity index is 1260. The van der Waals surface area contributed by atoms with E-state index in [4.69, 9.17) is 28.4 Å². The van der Waals surface area contributed by atoms with Gasteiger partial charge in [0.1, 0.15) is 24.4 Å². The number of benzene rings is 4. The van der Waals surface area contributed by atoms with Gasteiger partial charge >= 0.3 is 0 Å². The molecule has 0 saturated carbocycles. The molecule has 214 valence electrons. The second-order valence-electron chi connectivity index (χ2n) is 10.1. The summed E-state index contributed by atoms with van der Waals surface area (Å²) >= 11 is 0. The molecule has 1 aliphatic heterocycles. The predicted molar refractivity (Wildman–Crippen MR) is 157 cm³/mol. The van der Waals surface area contributed by atoms with Crippen molar-refractivity contribution in [2.75, 3.05) is 13.7 Å². The topological polar surface area (TPSA) is 55.4 Å². The summed E-state index contributed by atoms with van der Waals surface area (Å²) in [4.78, 5) is 0. The van der Waals surface area contributed by atoms with Gasteiger partial charge in [0.05, 0.1) is 33.0 Å². The van der Waals surface area contributed by atoms with Gasteiger partial charge in [0.25, 0.3) is 0 Å². The Morgan fingerprint density at radius 1 is 0.488 bits per heavy atom. The maximum Gasteiger partial charge on any atom is 0.186 e. The zero-order valence-corrected chi connectivity index (χ0v) is 23.4. The van der Waals surface area contributed by atoms with Crippen molar-refractivity contribution in [1.29, 1.82) is 0 Å². The van der Waals surface area contributed by atoms with Crippen molar-refractivity contribution < 1.29 is 28.4 Å². The normalized spacial score (nSPS) is 22.4. The molecule has 1 unspecified atom stereocenters. The van der Waals surface area contributed by atoms with Crippen molar-refractivity contribution in [3.05, 3.63) is 144 Å². The van der Waals surface area contributed by atoms with E-state index in [0.717, 1.165) is 22.3 Å². The van der Waals surface area contributed by atoms with E-state index in [1.54, 1.807) is 7.11 Å². The molecule has 6 heteroatoms. The van der Waals surface area contributed by atoms with Crippen LogP contribution in [0.2, 0.25) is 0 Å². The third-order valence-corrected chi connectivity index (χ3v) is 7.07. The number of ether oxygens (including phenoxy) is 6. The molecule has 41 heavy (non-hydrogen) atoms. The van der Waals surface area contributed by atoms with Crippen LogP contribution in [0, 0.1) is 0 Å². The maximum absolute atomic E-state index is 6.63. The summed E-state index contributed by atoms with van der Waals surface area (Å²) in [5, 5.41) is 0. The van der Waals surface area contributed by atoms with Crippen LogP contribution >= 0.6 is 0 Å². The summed E-state index contributed by atoms with van der Waals surface area (Å²) in [5.41, 5.74) is 4.27. The molecule has 1 saturated heterocycles. The maximum atomic E-state index is 6.63. The van der Waals surface area contributed by atoms with Crippen LogP contribution in [0.4, 0.5) is 0 Å². The van der Waals surface area contributed by atoms with Crippen LogP contribution < -0.4 is 0 Å². The van der Waals surface area contributed by atoms with Crippen LogP contribution in [0.3, 0.4) is 0 Å². The number of hydrogen-bond acceptors (Lipinski definition) is 6.